The van der Waals surface area contributed by atoms with Crippen LogP contribution in [0.4, 0.5) is 6.01 Å². The van der Waals surface area contributed by atoms with Crippen LogP contribution in [0.2, 0.25) is 0 Å². The number of rotatable bonds is 2. The van der Waals surface area contributed by atoms with E-state index in [2.05, 4.69) is 15.6 Å². The van der Waals surface area contributed by atoms with Crippen LogP contribution in [-0.4, -0.2) is 16.5 Å². The van der Waals surface area contributed by atoms with Crippen LogP contribution in [0.25, 0.3) is 0 Å². The number of anilines is 1. The van der Waals surface area contributed by atoms with Gasteiger partial charge in [-0.2, -0.15) is 0 Å². The molecule has 0 amide bonds. The van der Waals surface area contributed by atoms with E-state index in [1.807, 2.05) is 6.26 Å². The Bertz CT molecular complexity index is 169. The lowest BCUT2D eigenvalue weighted by Crippen LogP contribution is -2.06. The fourth-order valence-electron chi connectivity index (χ4n) is 0.351. The van der Waals surface area contributed by atoms with E-state index in [0.717, 1.165) is 0 Å². The van der Waals surface area contributed by atoms with Crippen molar-refractivity contribution in [2.45, 2.75) is 5.22 Å². The predicted octanol–water partition coefficient (Wildman–Crippen LogP) is 0.0771. The summed E-state index contributed by atoms with van der Waals surface area (Å²) in [7, 11) is 0. The van der Waals surface area contributed by atoms with Gasteiger partial charge in [0.15, 0.2) is 0 Å². The molecule has 6 heteroatoms. The maximum atomic E-state index is 4.96. The van der Waals surface area contributed by atoms with E-state index in [-0.39, 0.29) is 6.01 Å². The van der Waals surface area contributed by atoms with Crippen LogP contribution in [0.1, 0.15) is 0 Å². The van der Waals surface area contributed by atoms with Gasteiger partial charge in [-0.05, 0) is 6.26 Å². The smallest absolute Gasteiger partial charge is 0.330 e. The molecule has 0 fully saturated rings. The molecule has 1 heterocycles. The quantitative estimate of drug-likeness (QED) is 0.349. The zero-order chi connectivity index (χ0) is 6.69. The molecular weight excluding hydrogens is 140 g/mol. The van der Waals surface area contributed by atoms with Crippen molar-refractivity contribution in [1.82, 2.24) is 10.2 Å². The maximum absolute atomic E-state index is 4.96. The fourth-order valence-corrected chi connectivity index (χ4v) is 0.635. The second-order valence-corrected chi connectivity index (χ2v) is 1.98. The number of nitrogen functional groups attached to an aromatic ring is 1. The first-order valence-corrected chi connectivity index (χ1v) is 3.43. The van der Waals surface area contributed by atoms with Crippen molar-refractivity contribution in [3.63, 3.8) is 0 Å². The molecule has 5 nitrogen and oxygen atoms in total. The van der Waals surface area contributed by atoms with Crippen LogP contribution in [-0.2, 0) is 0 Å². The summed E-state index contributed by atoms with van der Waals surface area (Å²) in [6.45, 7) is 0. The van der Waals surface area contributed by atoms with Crippen molar-refractivity contribution in [3.8, 4) is 0 Å². The molecule has 0 saturated carbocycles. The number of thioether (sulfide) groups is 1. The molecule has 0 radical (unpaired) electrons. The van der Waals surface area contributed by atoms with E-state index in [9.17, 15) is 0 Å². The highest BCUT2D eigenvalue weighted by Gasteiger charge is 1.99. The molecule has 50 valence electrons. The summed E-state index contributed by atoms with van der Waals surface area (Å²) in [5.74, 6) is 4.96. The van der Waals surface area contributed by atoms with E-state index >= 15 is 0 Å². The molecule has 0 aliphatic carbocycles. The average Bonchev–Trinajstić information content (AvgIpc) is 2.34. The molecule has 0 atom stereocenters. The molecule has 0 bridgehead atoms. The molecule has 0 aliphatic heterocycles. The Kier molecular flexibility index (Phi) is 1.91. The highest BCUT2D eigenvalue weighted by molar-refractivity contribution is 7.98. The lowest BCUT2D eigenvalue weighted by molar-refractivity contribution is 0.466. The normalized spacial score (nSPS) is 9.56. The first kappa shape index (κ1) is 6.37. The van der Waals surface area contributed by atoms with E-state index in [1.165, 1.54) is 11.8 Å². The number of hydrogen-bond donors (Lipinski definition) is 2. The van der Waals surface area contributed by atoms with Gasteiger partial charge in [-0.15, -0.1) is 0 Å². The molecule has 0 spiro atoms. The third kappa shape index (κ3) is 1.33. The van der Waals surface area contributed by atoms with E-state index in [4.69, 9.17) is 10.3 Å². The van der Waals surface area contributed by atoms with Gasteiger partial charge < -0.3 is 4.42 Å². The Morgan fingerprint density at radius 2 is 2.44 bits per heavy atom. The summed E-state index contributed by atoms with van der Waals surface area (Å²) in [5.41, 5.74) is 2.23. The van der Waals surface area contributed by atoms with E-state index in [1.54, 1.807) is 0 Å². The van der Waals surface area contributed by atoms with Crippen molar-refractivity contribution in [1.29, 1.82) is 0 Å². The van der Waals surface area contributed by atoms with Crippen LogP contribution in [0.5, 0.6) is 0 Å². The average molecular weight is 146 g/mol. The molecule has 3 N–H and O–H groups in total. The topological polar surface area (TPSA) is 77.0 Å². The highest BCUT2D eigenvalue weighted by atomic mass is 32.2. The van der Waals surface area contributed by atoms with Crippen molar-refractivity contribution in [3.05, 3.63) is 0 Å². The molecule has 1 rings (SSSR count). The molecule has 0 aliphatic rings. The van der Waals surface area contributed by atoms with Gasteiger partial charge in [0.1, 0.15) is 0 Å². The molecule has 0 unspecified atom stereocenters. The molecule has 0 aromatic carbocycles. The van der Waals surface area contributed by atoms with Crippen molar-refractivity contribution >= 4 is 17.8 Å². The maximum Gasteiger partial charge on any atom is 0.330 e. The summed E-state index contributed by atoms with van der Waals surface area (Å²) in [6, 6.07) is 0.236. The summed E-state index contributed by atoms with van der Waals surface area (Å²) < 4.78 is 4.89. The number of aromatic nitrogens is 2. The molecule has 1 aromatic rings. The Morgan fingerprint density at radius 1 is 1.67 bits per heavy atom. The molecule has 0 saturated heterocycles. The van der Waals surface area contributed by atoms with Gasteiger partial charge in [0.25, 0.3) is 5.22 Å². The number of hydrogen-bond acceptors (Lipinski definition) is 6. The lowest BCUT2D eigenvalue weighted by atomic mass is 11.2. The van der Waals surface area contributed by atoms with Crippen LogP contribution < -0.4 is 11.3 Å². The van der Waals surface area contributed by atoms with Gasteiger partial charge in [0, 0.05) is 0 Å². The SMILES string of the molecule is CSc1nnc(NN)o1. The third-order valence-corrected chi connectivity index (χ3v) is 1.22. The summed E-state index contributed by atoms with van der Waals surface area (Å²) in [5, 5.41) is 7.64. The van der Waals surface area contributed by atoms with Gasteiger partial charge in [-0.3, -0.25) is 5.43 Å². The van der Waals surface area contributed by atoms with Gasteiger partial charge >= 0.3 is 6.01 Å². The van der Waals surface area contributed by atoms with Gasteiger partial charge in [-0.1, -0.05) is 22.0 Å². The monoisotopic (exact) mass is 146 g/mol. The lowest BCUT2D eigenvalue weighted by Gasteiger charge is -1.84. The largest absolute Gasteiger partial charge is 0.397 e. The molecule has 1 aromatic heterocycles. The van der Waals surface area contributed by atoms with Crippen LogP contribution in [0.3, 0.4) is 0 Å². The number of nitrogens with one attached hydrogen (secondary N) is 1. The Hall–Kier alpha value is -0.750. The van der Waals surface area contributed by atoms with Gasteiger partial charge in [-0.25, -0.2) is 5.84 Å². The Balaban J connectivity index is 2.74. The number of nitrogens with two attached hydrogens (primary N) is 1. The minimum absolute atomic E-state index is 0.236. The fraction of sp³-hybridized carbons (Fsp3) is 0.333. The number of nitrogens with zero attached hydrogens (tertiary/aromatic N) is 2. The summed E-state index contributed by atoms with van der Waals surface area (Å²) >= 11 is 1.37. The second-order valence-electron chi connectivity index (χ2n) is 1.22. The van der Waals surface area contributed by atoms with Gasteiger partial charge in [0.05, 0.1) is 0 Å². The highest BCUT2D eigenvalue weighted by Crippen LogP contribution is 2.13. The first-order valence-electron chi connectivity index (χ1n) is 2.21. The Labute approximate surface area is 56.0 Å². The zero-order valence-corrected chi connectivity index (χ0v) is 5.60. The van der Waals surface area contributed by atoms with E-state index < -0.39 is 0 Å². The van der Waals surface area contributed by atoms with Crippen LogP contribution >= 0.6 is 11.8 Å². The molecular formula is C3H6N4OS. The Morgan fingerprint density at radius 3 is 2.78 bits per heavy atom. The van der Waals surface area contributed by atoms with E-state index in [0.29, 0.717) is 5.22 Å². The minimum Gasteiger partial charge on any atom is -0.397 e. The van der Waals surface area contributed by atoms with Gasteiger partial charge in [0.2, 0.25) is 0 Å². The predicted molar refractivity (Wildman–Crippen MR) is 33.9 cm³/mol. The molecule has 9 heavy (non-hydrogen) atoms. The first-order chi connectivity index (χ1) is 4.36. The summed E-state index contributed by atoms with van der Waals surface area (Å²) in [6.07, 6.45) is 1.84. The number of hydrazine groups is 1. The second kappa shape index (κ2) is 2.70. The zero-order valence-electron chi connectivity index (χ0n) is 4.79. The standard InChI is InChI=1S/C3H6N4OS/c1-9-3-7-6-2(5-4)8-3/h4H2,1H3,(H,5,6). The summed E-state index contributed by atoms with van der Waals surface area (Å²) in [4.78, 5) is 0. The van der Waals surface area contributed by atoms with Crippen molar-refractivity contribution in [2.24, 2.45) is 5.84 Å². The van der Waals surface area contributed by atoms with Crippen LogP contribution in [0, 0.1) is 0 Å². The van der Waals surface area contributed by atoms with Crippen molar-refractivity contribution < 1.29 is 4.42 Å². The van der Waals surface area contributed by atoms with Crippen LogP contribution in [0.15, 0.2) is 9.64 Å². The minimum atomic E-state index is 0.236. The van der Waals surface area contributed by atoms with Crippen molar-refractivity contribution in [2.75, 3.05) is 11.7 Å². The third-order valence-electron chi connectivity index (χ3n) is 0.705.